The predicted molar refractivity (Wildman–Crippen MR) is 128 cm³/mol. The highest BCUT2D eigenvalue weighted by molar-refractivity contribution is 7.93. The lowest BCUT2D eigenvalue weighted by Crippen LogP contribution is -2.31. The van der Waals surface area contributed by atoms with Crippen molar-refractivity contribution in [3.05, 3.63) is 84.4 Å². The lowest BCUT2D eigenvalue weighted by atomic mass is 10.2. The molecular formula is C25H28N2O4S. The molecule has 0 fully saturated rings. The summed E-state index contributed by atoms with van der Waals surface area (Å²) in [4.78, 5) is 12.5. The first-order valence-corrected chi connectivity index (χ1v) is 12.1. The van der Waals surface area contributed by atoms with Crippen molar-refractivity contribution >= 4 is 27.3 Å². The monoisotopic (exact) mass is 452 g/mol. The Morgan fingerprint density at radius 3 is 2.22 bits per heavy atom. The van der Waals surface area contributed by atoms with Gasteiger partial charge < -0.3 is 10.1 Å². The number of carbonyl (C=O) groups is 1. The summed E-state index contributed by atoms with van der Waals surface area (Å²) >= 11 is 0. The van der Waals surface area contributed by atoms with Crippen molar-refractivity contribution in [2.24, 2.45) is 0 Å². The molecule has 0 aliphatic rings. The zero-order chi connectivity index (χ0) is 23.0. The SMILES string of the molecule is CCc1ccc(OCCC(=O)Nc2ccccc2S(=O)(=O)N(CC)c2ccccc2)cc1. The summed E-state index contributed by atoms with van der Waals surface area (Å²) in [6.45, 7) is 4.31. The van der Waals surface area contributed by atoms with Gasteiger partial charge >= 0.3 is 0 Å². The second kappa shape index (κ2) is 10.8. The Balaban J connectivity index is 1.69. The Hall–Kier alpha value is -3.32. The molecule has 1 N–H and O–H groups in total. The topological polar surface area (TPSA) is 75.7 Å². The maximum atomic E-state index is 13.4. The Labute approximate surface area is 189 Å². The number of amides is 1. The number of para-hydroxylation sites is 2. The van der Waals surface area contributed by atoms with Crippen LogP contribution in [0.15, 0.2) is 83.8 Å². The molecule has 0 heterocycles. The van der Waals surface area contributed by atoms with Crippen molar-refractivity contribution < 1.29 is 17.9 Å². The minimum absolute atomic E-state index is 0.0510. The van der Waals surface area contributed by atoms with Gasteiger partial charge in [0, 0.05) is 6.54 Å². The number of sulfonamides is 1. The quantitative estimate of drug-likeness (QED) is 0.476. The smallest absolute Gasteiger partial charge is 0.266 e. The molecule has 0 saturated carbocycles. The third-order valence-electron chi connectivity index (χ3n) is 4.99. The molecule has 32 heavy (non-hydrogen) atoms. The minimum Gasteiger partial charge on any atom is -0.493 e. The highest BCUT2D eigenvalue weighted by Crippen LogP contribution is 2.28. The van der Waals surface area contributed by atoms with Gasteiger partial charge in [0.15, 0.2) is 0 Å². The van der Waals surface area contributed by atoms with Gasteiger partial charge in [-0.15, -0.1) is 0 Å². The van der Waals surface area contributed by atoms with Gasteiger partial charge in [0.25, 0.3) is 10.0 Å². The zero-order valence-electron chi connectivity index (χ0n) is 18.3. The molecule has 0 saturated heterocycles. The van der Waals surface area contributed by atoms with Crippen LogP contribution in [0, 0.1) is 0 Å². The molecule has 0 radical (unpaired) electrons. The first kappa shape index (κ1) is 23.3. The fourth-order valence-corrected chi connectivity index (χ4v) is 4.92. The van der Waals surface area contributed by atoms with Crippen molar-refractivity contribution in [3.63, 3.8) is 0 Å². The summed E-state index contributed by atoms with van der Waals surface area (Å²) in [5.74, 6) is 0.375. The Kier molecular flexibility index (Phi) is 7.89. The number of anilines is 2. The summed E-state index contributed by atoms with van der Waals surface area (Å²) in [5, 5.41) is 2.73. The number of nitrogens with one attached hydrogen (secondary N) is 1. The van der Waals surface area contributed by atoms with Crippen LogP contribution in [0.25, 0.3) is 0 Å². The van der Waals surface area contributed by atoms with E-state index in [-0.39, 0.29) is 36.1 Å². The summed E-state index contributed by atoms with van der Waals surface area (Å²) in [6.07, 6.45) is 1.05. The van der Waals surface area contributed by atoms with Gasteiger partial charge in [0.05, 0.1) is 24.4 Å². The lowest BCUT2D eigenvalue weighted by molar-refractivity contribution is -0.116. The van der Waals surface area contributed by atoms with E-state index in [0.717, 1.165) is 6.42 Å². The highest BCUT2D eigenvalue weighted by atomic mass is 32.2. The van der Waals surface area contributed by atoms with E-state index in [1.54, 1.807) is 49.4 Å². The Morgan fingerprint density at radius 2 is 1.56 bits per heavy atom. The maximum Gasteiger partial charge on any atom is 0.266 e. The van der Waals surface area contributed by atoms with Crippen LogP contribution in [0.4, 0.5) is 11.4 Å². The lowest BCUT2D eigenvalue weighted by Gasteiger charge is -2.24. The Morgan fingerprint density at radius 1 is 0.906 bits per heavy atom. The van der Waals surface area contributed by atoms with E-state index in [0.29, 0.717) is 11.4 Å². The number of ether oxygens (including phenoxy) is 1. The van der Waals surface area contributed by atoms with Gasteiger partial charge in [0.1, 0.15) is 10.6 Å². The van der Waals surface area contributed by atoms with Gasteiger partial charge in [-0.05, 0) is 55.3 Å². The van der Waals surface area contributed by atoms with Crippen LogP contribution < -0.4 is 14.4 Å². The minimum atomic E-state index is -3.86. The van der Waals surface area contributed by atoms with Gasteiger partial charge in [0.2, 0.25) is 5.91 Å². The van der Waals surface area contributed by atoms with Crippen LogP contribution in [-0.2, 0) is 21.2 Å². The third kappa shape index (κ3) is 5.68. The van der Waals surface area contributed by atoms with E-state index < -0.39 is 10.0 Å². The summed E-state index contributed by atoms with van der Waals surface area (Å²) in [6, 6.07) is 23.1. The molecule has 168 valence electrons. The number of hydrogen-bond donors (Lipinski definition) is 1. The molecule has 0 bridgehead atoms. The number of hydrogen-bond acceptors (Lipinski definition) is 4. The number of benzene rings is 3. The number of aryl methyl sites for hydroxylation is 1. The second-order valence-corrected chi connectivity index (χ2v) is 8.98. The summed E-state index contributed by atoms with van der Waals surface area (Å²) < 4.78 is 33.7. The first-order chi connectivity index (χ1) is 15.5. The Bertz CT molecular complexity index is 1130. The average molecular weight is 453 g/mol. The van der Waals surface area contributed by atoms with Gasteiger partial charge in [-0.2, -0.15) is 0 Å². The molecule has 0 unspecified atom stereocenters. The molecule has 7 heteroatoms. The van der Waals surface area contributed by atoms with Gasteiger partial charge in [-0.25, -0.2) is 8.42 Å². The van der Waals surface area contributed by atoms with Crippen LogP contribution in [0.1, 0.15) is 25.8 Å². The van der Waals surface area contributed by atoms with Crippen LogP contribution >= 0.6 is 0 Å². The van der Waals surface area contributed by atoms with E-state index in [4.69, 9.17) is 4.74 Å². The first-order valence-electron chi connectivity index (χ1n) is 10.6. The zero-order valence-corrected chi connectivity index (χ0v) is 19.1. The van der Waals surface area contributed by atoms with Crippen molar-refractivity contribution in [1.82, 2.24) is 0 Å². The van der Waals surface area contributed by atoms with E-state index in [2.05, 4.69) is 12.2 Å². The molecule has 3 aromatic rings. The molecule has 0 aliphatic carbocycles. The molecular weight excluding hydrogens is 424 g/mol. The van der Waals surface area contributed by atoms with Crippen LogP contribution in [0.3, 0.4) is 0 Å². The molecule has 6 nitrogen and oxygen atoms in total. The van der Waals surface area contributed by atoms with Crippen LogP contribution in [-0.4, -0.2) is 27.5 Å². The van der Waals surface area contributed by atoms with E-state index in [1.807, 2.05) is 30.3 Å². The fourth-order valence-electron chi connectivity index (χ4n) is 3.29. The molecule has 0 aromatic heterocycles. The number of nitrogens with zero attached hydrogens (tertiary/aromatic N) is 1. The average Bonchev–Trinajstić information content (AvgIpc) is 2.81. The van der Waals surface area contributed by atoms with Crippen LogP contribution in [0.2, 0.25) is 0 Å². The van der Waals surface area contributed by atoms with Gasteiger partial charge in [-0.3, -0.25) is 9.10 Å². The molecule has 3 rings (SSSR count). The molecule has 3 aromatic carbocycles. The van der Waals surface area contributed by atoms with Crippen molar-refractivity contribution in [1.29, 1.82) is 0 Å². The van der Waals surface area contributed by atoms with Crippen molar-refractivity contribution in [2.45, 2.75) is 31.6 Å². The fraction of sp³-hybridized carbons (Fsp3) is 0.240. The van der Waals surface area contributed by atoms with Crippen molar-refractivity contribution in [2.75, 3.05) is 22.8 Å². The van der Waals surface area contributed by atoms with E-state index in [9.17, 15) is 13.2 Å². The molecule has 1 amide bonds. The van der Waals surface area contributed by atoms with E-state index in [1.165, 1.54) is 15.9 Å². The standard InChI is InChI=1S/C25H28N2O4S/c1-3-20-14-16-22(17-15-20)31-19-18-25(28)26-23-12-8-9-13-24(23)32(29,30)27(4-2)21-10-6-5-7-11-21/h5-17H,3-4,18-19H2,1-2H3,(H,26,28). The van der Waals surface area contributed by atoms with E-state index >= 15 is 0 Å². The molecule has 0 atom stereocenters. The highest BCUT2D eigenvalue weighted by Gasteiger charge is 2.26. The molecule has 0 spiro atoms. The number of rotatable bonds is 10. The maximum absolute atomic E-state index is 13.4. The molecule has 0 aliphatic heterocycles. The normalized spacial score (nSPS) is 11.1. The van der Waals surface area contributed by atoms with Gasteiger partial charge in [-0.1, -0.05) is 49.4 Å². The largest absolute Gasteiger partial charge is 0.493 e. The second-order valence-electron chi connectivity index (χ2n) is 7.15. The third-order valence-corrected chi connectivity index (χ3v) is 6.95. The summed E-state index contributed by atoms with van der Waals surface area (Å²) in [7, 11) is -3.86. The predicted octanol–water partition coefficient (Wildman–Crippen LogP) is 4.87. The summed E-state index contributed by atoms with van der Waals surface area (Å²) in [5.41, 5.74) is 2.03. The van der Waals surface area contributed by atoms with Crippen molar-refractivity contribution in [3.8, 4) is 5.75 Å². The number of carbonyl (C=O) groups excluding carboxylic acids is 1. The van der Waals surface area contributed by atoms with Crippen LogP contribution in [0.5, 0.6) is 5.75 Å².